The van der Waals surface area contributed by atoms with E-state index >= 15 is 0 Å². The maximum Gasteiger partial charge on any atom is 0.227 e. The zero-order valence-electron chi connectivity index (χ0n) is 20.1. The minimum Gasteiger partial charge on any atom is -0.469 e. The molecule has 1 aliphatic heterocycles. The number of piperazine rings is 1. The molecule has 1 saturated heterocycles. The van der Waals surface area contributed by atoms with Crippen LogP contribution in [0.2, 0.25) is 0 Å². The zero-order chi connectivity index (χ0) is 24.5. The molecule has 9 nitrogen and oxygen atoms in total. The number of benzene rings is 1. The number of ketones is 1. The fraction of sp³-hybridized carbons (Fsp3) is 0.296. The van der Waals surface area contributed by atoms with Crippen LogP contribution in [0.25, 0.3) is 0 Å². The van der Waals surface area contributed by atoms with Crippen LogP contribution in [0, 0.1) is 6.92 Å². The number of aryl methyl sites for hydroxylation is 1. The molecule has 9 heteroatoms. The topological polar surface area (TPSA) is 100 Å². The first-order valence-corrected chi connectivity index (χ1v) is 12.2. The Morgan fingerprint density at radius 3 is 2.31 bits per heavy atom. The summed E-state index contributed by atoms with van der Waals surface area (Å²) in [6.45, 7) is 5.04. The van der Waals surface area contributed by atoms with E-state index < -0.39 is 0 Å². The van der Waals surface area contributed by atoms with Gasteiger partial charge >= 0.3 is 0 Å². The number of furan rings is 1. The molecule has 1 aromatic carbocycles. The fourth-order valence-corrected chi connectivity index (χ4v) is 4.86. The van der Waals surface area contributed by atoms with Crippen molar-refractivity contribution in [3.05, 3.63) is 83.7 Å². The summed E-state index contributed by atoms with van der Waals surface area (Å²) in [6.07, 6.45) is 6.18. The van der Waals surface area contributed by atoms with E-state index in [2.05, 4.69) is 25.1 Å². The van der Waals surface area contributed by atoms with E-state index in [4.69, 9.17) is 14.4 Å². The summed E-state index contributed by atoms with van der Waals surface area (Å²) in [4.78, 5) is 36.2. The Balaban J connectivity index is 1.32. The summed E-state index contributed by atoms with van der Waals surface area (Å²) < 4.78 is 5.63. The predicted octanol–water partition coefficient (Wildman–Crippen LogP) is 4.15. The Labute approximate surface area is 209 Å². The number of nitrogens with zero attached hydrogens (tertiary/aromatic N) is 6. The van der Waals surface area contributed by atoms with Gasteiger partial charge in [-0.3, -0.25) is 4.79 Å². The molecular formula is C27H27N7O2. The molecule has 0 amide bonds. The molecule has 0 bridgehead atoms. The molecule has 4 heterocycles. The Morgan fingerprint density at radius 2 is 1.61 bits per heavy atom. The van der Waals surface area contributed by atoms with Crippen molar-refractivity contribution in [1.82, 2.24) is 19.9 Å². The van der Waals surface area contributed by atoms with Crippen molar-refractivity contribution in [3.8, 4) is 0 Å². The second-order valence-electron chi connectivity index (χ2n) is 9.25. The van der Waals surface area contributed by atoms with Crippen LogP contribution in [0.1, 0.15) is 39.7 Å². The number of carbonyl (C=O) groups is 1. The van der Waals surface area contributed by atoms with Gasteiger partial charge in [-0.1, -0.05) is 17.7 Å². The van der Waals surface area contributed by atoms with Gasteiger partial charge in [-0.05, 0) is 37.3 Å². The van der Waals surface area contributed by atoms with Gasteiger partial charge in [0.05, 0.1) is 17.5 Å². The third-order valence-electron chi connectivity index (χ3n) is 6.78. The number of hydrogen-bond donors (Lipinski definition) is 1. The minimum absolute atomic E-state index is 0.0259. The maximum absolute atomic E-state index is 13.3. The summed E-state index contributed by atoms with van der Waals surface area (Å²) in [7, 11) is 0. The van der Waals surface area contributed by atoms with E-state index in [0.717, 1.165) is 49.3 Å². The van der Waals surface area contributed by atoms with Crippen LogP contribution in [0.3, 0.4) is 0 Å². The molecule has 1 atom stereocenters. The lowest BCUT2D eigenvalue weighted by Gasteiger charge is -2.35. The molecule has 36 heavy (non-hydrogen) atoms. The van der Waals surface area contributed by atoms with Crippen LogP contribution in [0.4, 0.5) is 23.4 Å². The van der Waals surface area contributed by atoms with Crippen LogP contribution in [-0.4, -0.2) is 51.9 Å². The third kappa shape index (κ3) is 4.39. The van der Waals surface area contributed by atoms with Gasteiger partial charge in [0.1, 0.15) is 11.6 Å². The molecule has 2 aliphatic rings. The molecule has 0 radical (unpaired) electrons. The Kier molecular flexibility index (Phi) is 5.80. The number of Topliss-reactive ketones (excluding diaryl/α,β-unsaturated/α-hetero) is 1. The van der Waals surface area contributed by atoms with E-state index in [1.165, 1.54) is 5.56 Å². The molecule has 0 saturated carbocycles. The van der Waals surface area contributed by atoms with Crippen molar-refractivity contribution >= 4 is 29.2 Å². The van der Waals surface area contributed by atoms with Crippen molar-refractivity contribution in [2.45, 2.75) is 25.7 Å². The van der Waals surface area contributed by atoms with Crippen molar-refractivity contribution in [2.24, 2.45) is 0 Å². The van der Waals surface area contributed by atoms with Gasteiger partial charge in [-0.15, -0.1) is 0 Å². The zero-order valence-corrected chi connectivity index (χ0v) is 20.1. The summed E-state index contributed by atoms with van der Waals surface area (Å²) in [5.74, 6) is 2.75. The average Bonchev–Trinajstić information content (AvgIpc) is 3.45. The molecular weight excluding hydrogens is 454 g/mol. The number of hydrogen-bond acceptors (Lipinski definition) is 9. The Hall–Kier alpha value is -4.27. The second-order valence-corrected chi connectivity index (χ2v) is 9.25. The minimum atomic E-state index is -0.0259. The van der Waals surface area contributed by atoms with E-state index in [9.17, 15) is 4.79 Å². The predicted molar refractivity (Wildman–Crippen MR) is 137 cm³/mol. The number of carbonyl (C=O) groups excluding carboxylic acids is 1. The average molecular weight is 482 g/mol. The van der Waals surface area contributed by atoms with Crippen molar-refractivity contribution in [2.75, 3.05) is 41.3 Å². The second kappa shape index (κ2) is 9.41. The van der Waals surface area contributed by atoms with Crippen molar-refractivity contribution in [1.29, 1.82) is 0 Å². The van der Waals surface area contributed by atoms with Gasteiger partial charge in [0.25, 0.3) is 0 Å². The van der Waals surface area contributed by atoms with Gasteiger partial charge < -0.3 is 19.5 Å². The van der Waals surface area contributed by atoms with Crippen molar-refractivity contribution < 1.29 is 9.21 Å². The molecule has 1 fully saturated rings. The Morgan fingerprint density at radius 1 is 0.889 bits per heavy atom. The lowest BCUT2D eigenvalue weighted by Crippen LogP contribution is -2.48. The van der Waals surface area contributed by atoms with Gasteiger partial charge in [0, 0.05) is 63.0 Å². The highest BCUT2D eigenvalue weighted by Gasteiger charge is 2.33. The highest BCUT2D eigenvalue weighted by molar-refractivity contribution is 6.03. The standard InChI is InChI=1S/C27H27N7O2/c1-18-5-7-20(8-6-18)30-25-24-21(16-19(17-22(24)35)23-4-2-15-36-23)31-27(32-25)34-13-11-33(12-14-34)26-28-9-3-10-29-26/h2-10,15,19H,11-14,16-17H2,1H3,(H,30,31,32). The normalized spacial score (nSPS) is 17.7. The first kappa shape index (κ1) is 22.2. The number of rotatable bonds is 5. The maximum atomic E-state index is 13.3. The molecule has 1 aliphatic carbocycles. The van der Waals surface area contributed by atoms with Gasteiger partial charge in [-0.2, -0.15) is 4.98 Å². The smallest absolute Gasteiger partial charge is 0.227 e. The van der Waals surface area contributed by atoms with Crippen molar-refractivity contribution in [3.63, 3.8) is 0 Å². The van der Waals surface area contributed by atoms with Crippen LogP contribution >= 0.6 is 0 Å². The molecule has 182 valence electrons. The molecule has 1 unspecified atom stereocenters. The van der Waals surface area contributed by atoms with Crippen LogP contribution < -0.4 is 15.1 Å². The molecule has 6 rings (SSSR count). The number of anilines is 4. The Bertz CT molecular complexity index is 1350. The lowest BCUT2D eigenvalue weighted by atomic mass is 9.84. The van der Waals surface area contributed by atoms with E-state index in [1.54, 1.807) is 18.7 Å². The quantitative estimate of drug-likeness (QED) is 0.450. The highest BCUT2D eigenvalue weighted by Crippen LogP contribution is 2.36. The first-order valence-electron chi connectivity index (χ1n) is 12.2. The van der Waals surface area contributed by atoms with Crippen LogP contribution in [0.5, 0.6) is 0 Å². The fourth-order valence-electron chi connectivity index (χ4n) is 4.86. The van der Waals surface area contributed by atoms with Gasteiger partial charge in [0.2, 0.25) is 11.9 Å². The van der Waals surface area contributed by atoms with Gasteiger partial charge in [0.15, 0.2) is 5.78 Å². The molecule has 1 N–H and O–H groups in total. The summed E-state index contributed by atoms with van der Waals surface area (Å²) in [6, 6.07) is 13.7. The van der Waals surface area contributed by atoms with Crippen LogP contribution in [-0.2, 0) is 6.42 Å². The third-order valence-corrected chi connectivity index (χ3v) is 6.78. The number of aromatic nitrogens is 4. The van der Waals surface area contributed by atoms with E-state index in [0.29, 0.717) is 30.2 Å². The highest BCUT2D eigenvalue weighted by atomic mass is 16.3. The van der Waals surface area contributed by atoms with E-state index in [-0.39, 0.29) is 11.7 Å². The van der Waals surface area contributed by atoms with Gasteiger partial charge in [-0.25, -0.2) is 15.0 Å². The molecule has 4 aromatic rings. The summed E-state index contributed by atoms with van der Waals surface area (Å²) >= 11 is 0. The van der Waals surface area contributed by atoms with Crippen LogP contribution in [0.15, 0.2) is 65.5 Å². The first-order chi connectivity index (χ1) is 17.6. The monoisotopic (exact) mass is 481 g/mol. The largest absolute Gasteiger partial charge is 0.469 e. The molecule has 3 aromatic heterocycles. The molecule has 0 spiro atoms. The number of nitrogens with one attached hydrogen (secondary N) is 1. The number of fused-ring (bicyclic) bond motifs is 1. The SMILES string of the molecule is Cc1ccc(Nc2nc(N3CCN(c4ncccn4)CC3)nc3c2C(=O)CC(c2ccco2)C3)cc1. The lowest BCUT2D eigenvalue weighted by molar-refractivity contribution is 0.0959. The summed E-state index contributed by atoms with van der Waals surface area (Å²) in [5.41, 5.74) is 3.41. The van der Waals surface area contributed by atoms with E-state index in [1.807, 2.05) is 49.4 Å². The summed E-state index contributed by atoms with van der Waals surface area (Å²) in [5, 5.41) is 3.40.